The SMILES string of the molecule is C=C/C=C\C=C/CC(/C=C\N(c1ccc(C2=C(C)Oc3ccccc3C(C)C=C2)cc1)c1cccc2cc(-c3ccc4c(ccc5oc6ccccc6c54)c3)ccc12)=C/C=C. The Labute approximate surface area is 358 Å². The Morgan fingerprint density at radius 3 is 2.25 bits per heavy atom. The van der Waals surface area contributed by atoms with Crippen LogP contribution in [0.2, 0.25) is 0 Å². The summed E-state index contributed by atoms with van der Waals surface area (Å²) in [5.74, 6) is 2.00. The number of hydrogen-bond acceptors (Lipinski definition) is 3. The molecule has 3 nitrogen and oxygen atoms in total. The maximum Gasteiger partial charge on any atom is 0.136 e. The van der Waals surface area contributed by atoms with E-state index in [0.29, 0.717) is 0 Å². The molecule has 7 aromatic carbocycles. The molecular formula is C58H47NO2. The molecule has 0 fully saturated rings. The van der Waals surface area contributed by atoms with E-state index in [1.54, 1.807) is 6.08 Å². The molecule has 9 rings (SSSR count). The number of ether oxygens (including phenoxy) is 1. The van der Waals surface area contributed by atoms with Crippen LogP contribution in [0.15, 0.2) is 235 Å². The van der Waals surface area contributed by atoms with Gasteiger partial charge in [-0.05, 0) is 106 Å². The molecule has 1 aromatic heterocycles. The summed E-state index contributed by atoms with van der Waals surface area (Å²) in [5, 5.41) is 7.00. The first-order valence-electron chi connectivity index (χ1n) is 20.9. The molecular weight excluding hydrogens is 743 g/mol. The summed E-state index contributed by atoms with van der Waals surface area (Å²) >= 11 is 0. The Kier molecular flexibility index (Phi) is 11.0. The van der Waals surface area contributed by atoms with Crippen LogP contribution in [0.4, 0.5) is 11.4 Å². The van der Waals surface area contributed by atoms with Crippen molar-refractivity contribution < 1.29 is 9.15 Å². The minimum atomic E-state index is 0.229. The highest BCUT2D eigenvalue weighted by Gasteiger charge is 2.17. The van der Waals surface area contributed by atoms with Crippen LogP contribution in [0.25, 0.3) is 60.2 Å². The lowest BCUT2D eigenvalue weighted by atomic mass is 9.95. The summed E-state index contributed by atoms with van der Waals surface area (Å²) in [4.78, 5) is 2.28. The molecule has 1 atom stereocenters. The third-order valence-electron chi connectivity index (χ3n) is 11.5. The van der Waals surface area contributed by atoms with Crippen LogP contribution in [0.5, 0.6) is 5.75 Å². The van der Waals surface area contributed by atoms with Crippen LogP contribution in [0.3, 0.4) is 0 Å². The van der Waals surface area contributed by atoms with Crippen LogP contribution < -0.4 is 9.64 Å². The van der Waals surface area contributed by atoms with Crippen LogP contribution in [-0.2, 0) is 0 Å². The van der Waals surface area contributed by atoms with E-state index >= 15 is 0 Å². The molecule has 0 amide bonds. The normalized spacial score (nSPS) is 14.7. The molecule has 1 unspecified atom stereocenters. The highest BCUT2D eigenvalue weighted by molar-refractivity contribution is 6.19. The van der Waals surface area contributed by atoms with E-state index in [-0.39, 0.29) is 5.92 Å². The number of benzene rings is 7. The zero-order chi connectivity index (χ0) is 41.7. The Morgan fingerprint density at radius 1 is 0.672 bits per heavy atom. The van der Waals surface area contributed by atoms with Crippen LogP contribution in [-0.4, -0.2) is 0 Å². The fraction of sp³-hybridized carbons (Fsp3) is 0.0690. The third-order valence-corrected chi connectivity index (χ3v) is 11.5. The number of fused-ring (bicyclic) bond motifs is 7. The highest BCUT2D eigenvalue weighted by Crippen LogP contribution is 2.40. The van der Waals surface area contributed by atoms with Gasteiger partial charge in [-0.15, -0.1) is 0 Å². The predicted octanol–water partition coefficient (Wildman–Crippen LogP) is 16.5. The molecule has 0 spiro atoms. The number of allylic oxidation sites excluding steroid dienone is 13. The van der Waals surface area contributed by atoms with Crippen LogP contribution >= 0.6 is 0 Å². The van der Waals surface area contributed by atoms with E-state index in [1.165, 1.54) is 27.5 Å². The van der Waals surface area contributed by atoms with E-state index in [2.05, 4.69) is 183 Å². The zero-order valence-electron chi connectivity index (χ0n) is 34.6. The summed E-state index contributed by atoms with van der Waals surface area (Å²) in [6.45, 7) is 12.0. The standard InChI is InChI=1S/C58H47NO2/c1-5-7-8-9-10-17-42(16-6-2)36-37-59(48-30-25-43(26-31-48)50-32-24-40(3)49-19-11-13-22-55(49)60-41(50)4)54-21-15-18-46-38-44(27-33-51(46)54)45-28-34-52-47(39-45)29-35-57-58(52)53-20-12-14-23-56(53)61-57/h5-16,18-40H,1-2,17H2,3-4H3/b8-7-,10-9-,32-24?,37-36-,42-16-,50-41?. The molecule has 1 aliphatic rings. The fourth-order valence-corrected chi connectivity index (χ4v) is 8.37. The second-order valence-electron chi connectivity index (χ2n) is 15.4. The first-order valence-corrected chi connectivity index (χ1v) is 20.9. The molecule has 296 valence electrons. The summed E-state index contributed by atoms with van der Waals surface area (Å²) in [5.41, 5.74) is 10.8. The van der Waals surface area contributed by atoms with Crippen molar-refractivity contribution in [2.45, 2.75) is 26.2 Å². The van der Waals surface area contributed by atoms with E-state index in [0.717, 1.165) is 78.7 Å². The largest absolute Gasteiger partial charge is 0.461 e. The van der Waals surface area contributed by atoms with Gasteiger partial charge in [-0.2, -0.15) is 0 Å². The lowest BCUT2D eigenvalue weighted by molar-refractivity contribution is 0.423. The van der Waals surface area contributed by atoms with Crippen molar-refractivity contribution in [1.29, 1.82) is 0 Å². The Bertz CT molecular complexity index is 3150. The first-order chi connectivity index (χ1) is 30.0. The number of furan rings is 1. The smallest absolute Gasteiger partial charge is 0.136 e. The van der Waals surface area contributed by atoms with Gasteiger partial charge in [0.05, 0.1) is 5.69 Å². The Balaban J connectivity index is 1.09. The minimum Gasteiger partial charge on any atom is -0.461 e. The molecule has 0 N–H and O–H groups in total. The van der Waals surface area contributed by atoms with Crippen molar-refractivity contribution in [3.8, 4) is 16.9 Å². The predicted molar refractivity (Wildman–Crippen MR) is 260 cm³/mol. The lowest BCUT2D eigenvalue weighted by Crippen LogP contribution is -2.09. The quantitative estimate of drug-likeness (QED) is 0.122. The maximum absolute atomic E-state index is 6.48. The van der Waals surface area contributed by atoms with Crippen molar-refractivity contribution in [2.75, 3.05) is 4.90 Å². The van der Waals surface area contributed by atoms with E-state index in [9.17, 15) is 0 Å². The van der Waals surface area contributed by atoms with E-state index in [4.69, 9.17) is 9.15 Å². The number of nitrogens with zero attached hydrogens (tertiary/aromatic N) is 1. The first kappa shape index (κ1) is 38.9. The van der Waals surface area contributed by atoms with Crippen LogP contribution in [0, 0.1) is 0 Å². The number of para-hydroxylation sites is 2. The van der Waals surface area contributed by atoms with Gasteiger partial charge in [0.25, 0.3) is 0 Å². The average Bonchev–Trinajstić information content (AvgIpc) is 3.68. The molecule has 0 aliphatic carbocycles. The highest BCUT2D eigenvalue weighted by atomic mass is 16.5. The second-order valence-corrected chi connectivity index (χ2v) is 15.4. The molecule has 3 heteroatoms. The van der Waals surface area contributed by atoms with Crippen molar-refractivity contribution in [3.63, 3.8) is 0 Å². The van der Waals surface area contributed by atoms with Gasteiger partial charge in [-0.1, -0.05) is 166 Å². The monoisotopic (exact) mass is 789 g/mol. The summed E-state index contributed by atoms with van der Waals surface area (Å²) in [6, 6.07) is 49.7. The van der Waals surface area contributed by atoms with Crippen LogP contribution in [0.1, 0.15) is 37.3 Å². The molecule has 0 radical (unpaired) electrons. The second kappa shape index (κ2) is 17.3. The Hall–Kier alpha value is -7.62. The maximum atomic E-state index is 6.48. The van der Waals surface area contributed by atoms with E-state index < -0.39 is 0 Å². The topological polar surface area (TPSA) is 25.6 Å². The van der Waals surface area contributed by atoms with Crippen molar-refractivity contribution in [1.82, 2.24) is 0 Å². The average molecular weight is 790 g/mol. The summed E-state index contributed by atoms with van der Waals surface area (Å²) < 4.78 is 12.7. The fourth-order valence-electron chi connectivity index (χ4n) is 8.37. The molecule has 2 heterocycles. The third kappa shape index (κ3) is 7.94. The number of rotatable bonds is 11. The minimum absolute atomic E-state index is 0.229. The van der Waals surface area contributed by atoms with E-state index in [1.807, 2.05) is 49.4 Å². The Morgan fingerprint density at radius 2 is 1.43 bits per heavy atom. The van der Waals surface area contributed by atoms with Gasteiger partial charge in [-0.3, -0.25) is 0 Å². The van der Waals surface area contributed by atoms with Crippen molar-refractivity contribution in [2.24, 2.45) is 0 Å². The molecule has 1 aliphatic heterocycles. The molecule has 0 bridgehead atoms. The van der Waals surface area contributed by atoms with Gasteiger partial charge in [-0.25, -0.2) is 0 Å². The number of anilines is 2. The molecule has 0 saturated carbocycles. The van der Waals surface area contributed by atoms with Gasteiger partial charge in [0, 0.05) is 45.1 Å². The number of hydrogen-bond donors (Lipinski definition) is 0. The van der Waals surface area contributed by atoms with Crippen molar-refractivity contribution in [3.05, 3.63) is 242 Å². The molecule has 61 heavy (non-hydrogen) atoms. The summed E-state index contributed by atoms with van der Waals surface area (Å²) in [7, 11) is 0. The molecule has 0 saturated heterocycles. The van der Waals surface area contributed by atoms with Gasteiger partial charge in [0.15, 0.2) is 0 Å². The lowest BCUT2D eigenvalue weighted by Gasteiger charge is -2.24. The van der Waals surface area contributed by atoms with Gasteiger partial charge < -0.3 is 14.1 Å². The summed E-state index contributed by atoms with van der Waals surface area (Å²) in [6.07, 6.45) is 23.4. The molecule has 8 aromatic rings. The van der Waals surface area contributed by atoms with Gasteiger partial charge in [0.2, 0.25) is 0 Å². The zero-order valence-corrected chi connectivity index (χ0v) is 34.6. The van der Waals surface area contributed by atoms with Gasteiger partial charge in [0.1, 0.15) is 22.7 Å². The van der Waals surface area contributed by atoms with Gasteiger partial charge >= 0.3 is 0 Å². The van der Waals surface area contributed by atoms with Crippen molar-refractivity contribution >= 4 is 60.4 Å².